The van der Waals surface area contributed by atoms with Crippen molar-refractivity contribution in [1.29, 1.82) is 0 Å². The van der Waals surface area contributed by atoms with E-state index in [1.165, 1.54) is 6.42 Å². The van der Waals surface area contributed by atoms with Crippen molar-refractivity contribution in [3.63, 3.8) is 0 Å². The van der Waals surface area contributed by atoms with Crippen molar-refractivity contribution in [2.45, 2.75) is 38.5 Å². The van der Waals surface area contributed by atoms with Crippen molar-refractivity contribution < 1.29 is 29.3 Å². The van der Waals surface area contributed by atoms with Crippen LogP contribution < -0.4 is 9.64 Å². The third-order valence-corrected chi connectivity index (χ3v) is 8.11. The summed E-state index contributed by atoms with van der Waals surface area (Å²) in [6.45, 7) is -0.0972. The Morgan fingerprint density at radius 1 is 1.00 bits per heavy atom. The van der Waals surface area contributed by atoms with Crippen LogP contribution in [0.4, 0.5) is 5.69 Å². The van der Waals surface area contributed by atoms with Crippen LogP contribution in [-0.2, 0) is 16.0 Å². The number of thiophene rings is 1. The minimum absolute atomic E-state index is 0.0112. The minimum Gasteiger partial charge on any atom is -0.479 e. The van der Waals surface area contributed by atoms with Gasteiger partial charge in [0, 0.05) is 12.2 Å². The summed E-state index contributed by atoms with van der Waals surface area (Å²) in [5.74, 6) is -2.26. The smallest absolute Gasteiger partial charge is 0.349 e. The van der Waals surface area contributed by atoms with E-state index in [9.17, 15) is 19.5 Å². The quantitative estimate of drug-likeness (QED) is 0.308. The van der Waals surface area contributed by atoms with Gasteiger partial charge in [0.05, 0.1) is 11.3 Å². The molecule has 0 aliphatic heterocycles. The average molecular weight is 542 g/mol. The molecular formula is C28H28ClNO6S. The zero-order valence-corrected chi connectivity index (χ0v) is 21.8. The maximum atomic E-state index is 13.5. The second-order valence-electron chi connectivity index (χ2n) is 9.11. The number of benzene rings is 2. The fourth-order valence-corrected chi connectivity index (χ4v) is 6.05. The number of carboxylic acid groups (broad SMARTS) is 2. The van der Waals surface area contributed by atoms with Gasteiger partial charge in [-0.3, -0.25) is 4.79 Å². The highest BCUT2D eigenvalue weighted by Crippen LogP contribution is 2.46. The van der Waals surface area contributed by atoms with Crippen molar-refractivity contribution in [3.05, 3.63) is 70.1 Å². The molecule has 37 heavy (non-hydrogen) atoms. The molecule has 0 unspecified atom stereocenters. The monoisotopic (exact) mass is 541 g/mol. The lowest BCUT2D eigenvalue weighted by Crippen LogP contribution is -2.37. The zero-order chi connectivity index (χ0) is 26.4. The fraction of sp³-hybridized carbons (Fsp3) is 0.321. The van der Waals surface area contributed by atoms with Crippen LogP contribution in [0.25, 0.3) is 10.4 Å². The molecule has 1 aromatic heterocycles. The van der Waals surface area contributed by atoms with Crippen LogP contribution in [0.5, 0.6) is 5.75 Å². The van der Waals surface area contributed by atoms with E-state index < -0.39 is 18.5 Å². The fourth-order valence-electron chi connectivity index (χ4n) is 4.65. The maximum absolute atomic E-state index is 13.5. The van der Waals surface area contributed by atoms with Gasteiger partial charge in [0.1, 0.15) is 5.02 Å². The number of nitrogens with zero attached hydrogens (tertiary/aromatic N) is 1. The number of carbonyl (C=O) groups excluding carboxylic acids is 1. The SMILES string of the molecule is O=C(O)COc1c(C(=O)O)sc(-c2cccc(N(CC3CCCCC3)C(=O)Cc3ccccc3)c2)c1Cl. The van der Waals surface area contributed by atoms with Gasteiger partial charge in [-0.05, 0) is 42.0 Å². The molecule has 1 saturated carbocycles. The third-order valence-electron chi connectivity index (χ3n) is 6.43. The number of hydrogen-bond acceptors (Lipinski definition) is 5. The molecule has 0 bridgehead atoms. The molecule has 7 nitrogen and oxygen atoms in total. The second-order valence-corrected chi connectivity index (χ2v) is 10.5. The number of anilines is 1. The first-order chi connectivity index (χ1) is 17.8. The Balaban J connectivity index is 1.68. The molecule has 9 heteroatoms. The first-order valence-electron chi connectivity index (χ1n) is 12.2. The van der Waals surface area contributed by atoms with Gasteiger partial charge in [-0.25, -0.2) is 9.59 Å². The van der Waals surface area contributed by atoms with E-state index in [1.807, 2.05) is 53.4 Å². The van der Waals surface area contributed by atoms with Gasteiger partial charge in [-0.15, -0.1) is 11.3 Å². The molecule has 1 amide bonds. The minimum atomic E-state index is -1.26. The number of aliphatic carboxylic acids is 1. The van der Waals surface area contributed by atoms with Crippen molar-refractivity contribution in [2.24, 2.45) is 5.92 Å². The van der Waals surface area contributed by atoms with E-state index >= 15 is 0 Å². The van der Waals surface area contributed by atoms with E-state index in [2.05, 4.69) is 0 Å². The van der Waals surface area contributed by atoms with E-state index in [-0.39, 0.29) is 28.0 Å². The Bertz CT molecular complexity index is 1270. The number of amides is 1. The number of carboxylic acids is 2. The van der Waals surface area contributed by atoms with Gasteiger partial charge in [0.15, 0.2) is 17.2 Å². The van der Waals surface area contributed by atoms with Crippen molar-refractivity contribution >= 4 is 46.5 Å². The molecular weight excluding hydrogens is 514 g/mol. The summed E-state index contributed by atoms with van der Waals surface area (Å²) < 4.78 is 5.21. The summed E-state index contributed by atoms with van der Waals surface area (Å²) in [5, 5.41) is 18.6. The predicted molar refractivity (Wildman–Crippen MR) is 144 cm³/mol. The van der Waals surface area contributed by atoms with Crippen molar-refractivity contribution in [3.8, 4) is 16.2 Å². The number of halogens is 1. The number of rotatable bonds is 10. The van der Waals surface area contributed by atoms with Gasteiger partial charge < -0.3 is 19.8 Å². The normalized spacial score (nSPS) is 13.8. The summed E-state index contributed by atoms with van der Waals surface area (Å²) in [7, 11) is 0. The van der Waals surface area contributed by atoms with Gasteiger partial charge >= 0.3 is 11.9 Å². The van der Waals surface area contributed by atoms with E-state index in [4.69, 9.17) is 21.4 Å². The molecule has 1 heterocycles. The van der Waals surface area contributed by atoms with Crippen LogP contribution in [-0.4, -0.2) is 41.2 Å². The largest absolute Gasteiger partial charge is 0.479 e. The zero-order valence-electron chi connectivity index (χ0n) is 20.2. The standard InChI is InChI=1S/C28H28ClNO6S/c29-24-25(36-17-23(32)33)27(28(34)35)37-26(24)20-12-7-13-21(15-20)30(16-19-10-5-2-6-11-19)22(31)14-18-8-3-1-4-9-18/h1,3-4,7-9,12-13,15,19H,2,5-6,10-11,14,16-17H2,(H,32,33)(H,34,35). The third kappa shape index (κ3) is 6.70. The van der Waals surface area contributed by atoms with Crippen LogP contribution in [0.1, 0.15) is 47.3 Å². The first kappa shape index (κ1) is 26.7. The van der Waals surface area contributed by atoms with E-state index in [0.717, 1.165) is 42.6 Å². The summed E-state index contributed by atoms with van der Waals surface area (Å²) in [5.41, 5.74) is 2.27. The molecule has 194 valence electrons. The highest BCUT2D eigenvalue weighted by Gasteiger charge is 2.26. The summed E-state index contributed by atoms with van der Waals surface area (Å²) in [4.78, 5) is 38.4. The maximum Gasteiger partial charge on any atom is 0.349 e. The van der Waals surface area contributed by atoms with Crippen LogP contribution in [0.3, 0.4) is 0 Å². The number of hydrogen-bond donors (Lipinski definition) is 2. The molecule has 2 N–H and O–H groups in total. The lowest BCUT2D eigenvalue weighted by molar-refractivity contribution is -0.139. The molecule has 1 aliphatic carbocycles. The van der Waals surface area contributed by atoms with Gasteiger partial charge in [-0.1, -0.05) is 73.3 Å². The molecule has 1 aliphatic rings. The van der Waals surface area contributed by atoms with Crippen LogP contribution >= 0.6 is 22.9 Å². The topological polar surface area (TPSA) is 104 Å². The summed E-state index contributed by atoms with van der Waals surface area (Å²) in [6.07, 6.45) is 5.98. The molecule has 0 saturated heterocycles. The highest BCUT2D eigenvalue weighted by atomic mass is 35.5. The highest BCUT2D eigenvalue weighted by molar-refractivity contribution is 7.18. The molecule has 0 radical (unpaired) electrons. The molecule has 2 aromatic carbocycles. The molecule has 0 atom stereocenters. The Labute approximate surface area is 224 Å². The Hall–Kier alpha value is -3.36. The van der Waals surface area contributed by atoms with Crippen molar-refractivity contribution in [2.75, 3.05) is 18.1 Å². The Kier molecular flexibility index (Phi) is 8.84. The van der Waals surface area contributed by atoms with Crippen LogP contribution in [0.2, 0.25) is 5.02 Å². The average Bonchev–Trinajstić information content (AvgIpc) is 3.23. The lowest BCUT2D eigenvalue weighted by Gasteiger charge is -2.30. The molecule has 1 fully saturated rings. The summed E-state index contributed by atoms with van der Waals surface area (Å²) >= 11 is 7.41. The van der Waals surface area contributed by atoms with Gasteiger partial charge in [0.2, 0.25) is 5.91 Å². The Morgan fingerprint density at radius 3 is 2.41 bits per heavy atom. The van der Waals surface area contributed by atoms with Gasteiger partial charge in [-0.2, -0.15) is 0 Å². The second kappa shape index (κ2) is 12.3. The summed E-state index contributed by atoms with van der Waals surface area (Å²) in [6, 6.07) is 16.9. The predicted octanol–water partition coefficient (Wildman–Crippen LogP) is 6.39. The first-order valence-corrected chi connectivity index (χ1v) is 13.4. The molecule has 0 spiro atoms. The molecule has 3 aromatic rings. The van der Waals surface area contributed by atoms with Gasteiger partial charge in [0.25, 0.3) is 0 Å². The van der Waals surface area contributed by atoms with E-state index in [1.54, 1.807) is 6.07 Å². The number of aromatic carboxylic acids is 1. The number of carbonyl (C=O) groups is 3. The van der Waals surface area contributed by atoms with E-state index in [0.29, 0.717) is 28.6 Å². The number of ether oxygens (including phenoxy) is 1. The van der Waals surface area contributed by atoms with Crippen molar-refractivity contribution in [1.82, 2.24) is 0 Å². The van der Waals surface area contributed by atoms with Crippen LogP contribution in [0.15, 0.2) is 54.6 Å². The Morgan fingerprint density at radius 2 is 1.73 bits per heavy atom. The lowest BCUT2D eigenvalue weighted by atomic mass is 9.88. The van der Waals surface area contributed by atoms with Crippen LogP contribution in [0, 0.1) is 5.92 Å². The molecule has 4 rings (SSSR count).